The predicted molar refractivity (Wildman–Crippen MR) is 88.9 cm³/mol. The third-order valence-electron chi connectivity index (χ3n) is 3.28. The summed E-state index contributed by atoms with van der Waals surface area (Å²) < 4.78 is 0. The van der Waals surface area contributed by atoms with E-state index in [1.54, 1.807) is 11.8 Å². The number of nitrogens with zero attached hydrogens (tertiary/aromatic N) is 1. The lowest BCUT2D eigenvalue weighted by Gasteiger charge is -2.08. The van der Waals surface area contributed by atoms with Crippen LogP contribution in [0.4, 0.5) is 5.69 Å². The maximum atomic E-state index is 6.04. The van der Waals surface area contributed by atoms with E-state index in [0.29, 0.717) is 0 Å². The Morgan fingerprint density at radius 1 is 1.20 bits per heavy atom. The van der Waals surface area contributed by atoms with Crippen molar-refractivity contribution >= 4 is 34.2 Å². The Morgan fingerprint density at radius 2 is 2.00 bits per heavy atom. The minimum atomic E-state index is 0.239. The van der Waals surface area contributed by atoms with Crippen LogP contribution >= 0.6 is 23.4 Å². The molecule has 0 bridgehead atoms. The Labute approximate surface area is 128 Å². The SMILES string of the molecule is Cc1ccc(Cl)cc1NC1=NC(c2ccccc2)CS1. The van der Waals surface area contributed by atoms with E-state index in [1.807, 2.05) is 24.3 Å². The molecule has 1 aliphatic heterocycles. The number of thioether (sulfide) groups is 1. The second kappa shape index (κ2) is 5.90. The van der Waals surface area contributed by atoms with E-state index in [0.717, 1.165) is 21.6 Å². The Hall–Kier alpha value is -1.45. The van der Waals surface area contributed by atoms with Crippen LogP contribution in [0, 0.1) is 6.92 Å². The fraction of sp³-hybridized carbons (Fsp3) is 0.188. The predicted octanol–water partition coefficient (Wildman–Crippen LogP) is 4.90. The molecule has 1 N–H and O–H groups in total. The van der Waals surface area contributed by atoms with Crippen LogP contribution in [0.3, 0.4) is 0 Å². The van der Waals surface area contributed by atoms with Crippen LogP contribution in [0.5, 0.6) is 0 Å². The van der Waals surface area contributed by atoms with E-state index >= 15 is 0 Å². The highest BCUT2D eigenvalue weighted by Crippen LogP contribution is 2.31. The van der Waals surface area contributed by atoms with Crippen molar-refractivity contribution in [2.75, 3.05) is 11.1 Å². The number of aliphatic imine (C=N–C) groups is 1. The molecule has 2 nitrogen and oxygen atoms in total. The molecule has 0 aliphatic carbocycles. The Bertz CT molecular complexity index is 640. The zero-order valence-electron chi connectivity index (χ0n) is 11.1. The monoisotopic (exact) mass is 302 g/mol. The lowest BCUT2D eigenvalue weighted by Crippen LogP contribution is -2.06. The molecule has 0 amide bonds. The zero-order chi connectivity index (χ0) is 13.9. The number of hydrogen-bond acceptors (Lipinski definition) is 3. The summed E-state index contributed by atoms with van der Waals surface area (Å²) in [5.74, 6) is 0.978. The number of hydrogen-bond donors (Lipinski definition) is 1. The van der Waals surface area contributed by atoms with Gasteiger partial charge in [-0.15, -0.1) is 0 Å². The van der Waals surface area contributed by atoms with Gasteiger partial charge in [-0.2, -0.15) is 0 Å². The molecule has 102 valence electrons. The van der Waals surface area contributed by atoms with E-state index in [2.05, 4.69) is 36.5 Å². The van der Waals surface area contributed by atoms with Gasteiger partial charge in [0, 0.05) is 16.5 Å². The highest BCUT2D eigenvalue weighted by molar-refractivity contribution is 8.14. The van der Waals surface area contributed by atoms with Crippen molar-refractivity contribution in [2.24, 2.45) is 4.99 Å². The summed E-state index contributed by atoms with van der Waals surface area (Å²) in [7, 11) is 0. The molecule has 1 heterocycles. The molecule has 2 aromatic rings. The molecule has 1 unspecified atom stereocenters. The molecular weight excluding hydrogens is 288 g/mol. The van der Waals surface area contributed by atoms with Gasteiger partial charge >= 0.3 is 0 Å². The summed E-state index contributed by atoms with van der Waals surface area (Å²) >= 11 is 7.79. The van der Waals surface area contributed by atoms with Gasteiger partial charge in [-0.3, -0.25) is 4.99 Å². The van der Waals surface area contributed by atoms with Gasteiger partial charge in [-0.25, -0.2) is 0 Å². The number of anilines is 1. The van der Waals surface area contributed by atoms with Crippen molar-refractivity contribution in [1.82, 2.24) is 0 Å². The summed E-state index contributed by atoms with van der Waals surface area (Å²) in [6.45, 7) is 2.06. The van der Waals surface area contributed by atoms with E-state index in [4.69, 9.17) is 16.6 Å². The van der Waals surface area contributed by atoms with Crippen LogP contribution in [0.25, 0.3) is 0 Å². The Balaban J connectivity index is 1.77. The number of aryl methyl sites for hydroxylation is 1. The van der Waals surface area contributed by atoms with Gasteiger partial charge in [0.15, 0.2) is 5.17 Å². The zero-order valence-corrected chi connectivity index (χ0v) is 12.7. The molecule has 1 aliphatic rings. The van der Waals surface area contributed by atoms with Crippen LogP contribution < -0.4 is 5.32 Å². The van der Waals surface area contributed by atoms with E-state index in [-0.39, 0.29) is 6.04 Å². The van der Waals surface area contributed by atoms with Crippen molar-refractivity contribution < 1.29 is 0 Å². The fourth-order valence-electron chi connectivity index (χ4n) is 2.13. The molecule has 20 heavy (non-hydrogen) atoms. The molecule has 0 aromatic heterocycles. The number of nitrogens with one attached hydrogen (secondary N) is 1. The molecule has 4 heteroatoms. The summed E-state index contributed by atoms with van der Waals surface area (Å²) in [5, 5.41) is 5.08. The first-order valence-corrected chi connectivity index (χ1v) is 7.87. The van der Waals surface area contributed by atoms with Crippen LogP contribution in [-0.4, -0.2) is 10.9 Å². The van der Waals surface area contributed by atoms with Gasteiger partial charge in [0.05, 0.1) is 6.04 Å². The number of halogens is 1. The highest BCUT2D eigenvalue weighted by Gasteiger charge is 2.20. The summed E-state index contributed by atoms with van der Waals surface area (Å²) in [5.41, 5.74) is 3.46. The number of benzene rings is 2. The largest absolute Gasteiger partial charge is 0.335 e. The Kier molecular flexibility index (Phi) is 3.99. The van der Waals surface area contributed by atoms with E-state index in [9.17, 15) is 0 Å². The second-order valence-electron chi connectivity index (χ2n) is 4.76. The maximum Gasteiger partial charge on any atom is 0.161 e. The smallest absolute Gasteiger partial charge is 0.161 e. The van der Waals surface area contributed by atoms with Gasteiger partial charge in [0.25, 0.3) is 0 Å². The normalized spacial score (nSPS) is 17.9. The first kappa shape index (κ1) is 13.5. The van der Waals surface area contributed by atoms with Gasteiger partial charge in [0.1, 0.15) is 0 Å². The molecule has 0 saturated heterocycles. The standard InChI is InChI=1S/C16H15ClN2S/c1-11-7-8-13(17)9-14(11)18-16-19-15(10-20-16)12-5-3-2-4-6-12/h2-9,15H,10H2,1H3,(H,18,19). The first-order chi connectivity index (χ1) is 9.72. The molecule has 0 radical (unpaired) electrons. The molecule has 0 saturated carbocycles. The lowest BCUT2D eigenvalue weighted by atomic mass is 10.1. The van der Waals surface area contributed by atoms with Crippen LogP contribution in [0.1, 0.15) is 17.2 Å². The van der Waals surface area contributed by atoms with Crippen molar-refractivity contribution in [3.63, 3.8) is 0 Å². The van der Waals surface area contributed by atoms with Crippen LogP contribution in [0.15, 0.2) is 53.5 Å². The van der Waals surface area contributed by atoms with E-state index < -0.39 is 0 Å². The number of rotatable bonds is 2. The van der Waals surface area contributed by atoms with Gasteiger partial charge < -0.3 is 5.32 Å². The van der Waals surface area contributed by atoms with Crippen molar-refractivity contribution in [1.29, 1.82) is 0 Å². The van der Waals surface area contributed by atoms with Gasteiger partial charge in [0.2, 0.25) is 0 Å². The van der Waals surface area contributed by atoms with Gasteiger partial charge in [-0.1, -0.05) is 59.8 Å². The average Bonchev–Trinajstić information content (AvgIpc) is 2.92. The third kappa shape index (κ3) is 3.00. The molecule has 1 atom stereocenters. The second-order valence-corrected chi connectivity index (χ2v) is 6.20. The first-order valence-electron chi connectivity index (χ1n) is 6.51. The van der Waals surface area contributed by atoms with E-state index in [1.165, 1.54) is 11.1 Å². The lowest BCUT2D eigenvalue weighted by molar-refractivity contribution is 0.849. The van der Waals surface area contributed by atoms with Crippen LogP contribution in [0.2, 0.25) is 5.02 Å². The Morgan fingerprint density at radius 3 is 2.80 bits per heavy atom. The molecule has 0 spiro atoms. The minimum absolute atomic E-state index is 0.239. The summed E-state index contributed by atoms with van der Waals surface area (Å²) in [6, 6.07) is 16.5. The number of amidine groups is 1. The van der Waals surface area contributed by atoms with Crippen molar-refractivity contribution in [3.8, 4) is 0 Å². The molecule has 0 fully saturated rings. The highest BCUT2D eigenvalue weighted by atomic mass is 35.5. The van der Waals surface area contributed by atoms with Crippen molar-refractivity contribution in [3.05, 3.63) is 64.7 Å². The molecule has 2 aromatic carbocycles. The summed E-state index contributed by atoms with van der Waals surface area (Å²) in [4.78, 5) is 4.75. The maximum absolute atomic E-state index is 6.04. The third-order valence-corrected chi connectivity index (χ3v) is 4.47. The van der Waals surface area contributed by atoms with Gasteiger partial charge in [-0.05, 0) is 30.2 Å². The summed E-state index contributed by atoms with van der Waals surface area (Å²) in [6.07, 6.45) is 0. The topological polar surface area (TPSA) is 24.4 Å². The van der Waals surface area contributed by atoms with Crippen LogP contribution in [-0.2, 0) is 0 Å². The minimum Gasteiger partial charge on any atom is -0.335 e. The average molecular weight is 303 g/mol. The fourth-order valence-corrected chi connectivity index (χ4v) is 3.27. The molecular formula is C16H15ClN2S. The molecule has 3 rings (SSSR count). The van der Waals surface area contributed by atoms with Crippen molar-refractivity contribution in [2.45, 2.75) is 13.0 Å². The quantitative estimate of drug-likeness (QED) is 0.853.